The quantitative estimate of drug-likeness (QED) is 0.845. The minimum atomic E-state index is 0.314. The highest BCUT2D eigenvalue weighted by Gasteiger charge is 2.27. The summed E-state index contributed by atoms with van der Waals surface area (Å²) in [5.41, 5.74) is 2.41. The fourth-order valence-corrected chi connectivity index (χ4v) is 2.87. The van der Waals surface area contributed by atoms with Crippen molar-refractivity contribution in [2.75, 3.05) is 13.7 Å². The van der Waals surface area contributed by atoms with Crippen LogP contribution in [0.3, 0.4) is 0 Å². The number of fused-ring (bicyclic) bond motifs is 1. The summed E-state index contributed by atoms with van der Waals surface area (Å²) in [7, 11) is 3.67. The van der Waals surface area contributed by atoms with Crippen molar-refractivity contribution in [3.05, 3.63) is 35.7 Å². The van der Waals surface area contributed by atoms with Crippen molar-refractivity contribution in [1.82, 2.24) is 24.2 Å². The number of methoxy groups -OCH3 is 1. The number of ether oxygens (including phenoxy) is 1. The predicted octanol–water partition coefficient (Wildman–Crippen LogP) is 1.34. The molecule has 2 aromatic heterocycles. The average molecular weight is 275 g/mol. The van der Waals surface area contributed by atoms with Gasteiger partial charge in [0.15, 0.2) is 0 Å². The molecule has 20 heavy (non-hydrogen) atoms. The van der Waals surface area contributed by atoms with E-state index in [9.17, 15) is 0 Å². The van der Waals surface area contributed by atoms with E-state index in [0.717, 1.165) is 31.2 Å². The van der Waals surface area contributed by atoms with Gasteiger partial charge in [0, 0.05) is 45.6 Å². The number of imidazole rings is 1. The molecule has 0 amide bonds. The third-order valence-corrected chi connectivity index (χ3v) is 3.94. The molecule has 0 aromatic carbocycles. The van der Waals surface area contributed by atoms with Crippen LogP contribution in [0.2, 0.25) is 0 Å². The normalized spacial score (nSPS) is 19.2. The number of nitrogens with zero attached hydrogens (tertiary/aromatic N) is 5. The Labute approximate surface area is 119 Å². The second-order valence-corrected chi connectivity index (χ2v) is 5.36. The van der Waals surface area contributed by atoms with Crippen LogP contribution in [0.15, 0.2) is 18.6 Å². The molecule has 0 N–H and O–H groups in total. The van der Waals surface area contributed by atoms with E-state index in [-0.39, 0.29) is 0 Å². The number of rotatable bonds is 4. The highest BCUT2D eigenvalue weighted by Crippen LogP contribution is 2.26. The fraction of sp³-hybridized carbons (Fsp3) is 0.571. The summed E-state index contributed by atoms with van der Waals surface area (Å²) in [5, 5.41) is 4.23. The highest BCUT2D eigenvalue weighted by molar-refractivity contribution is 5.12. The predicted molar refractivity (Wildman–Crippen MR) is 75.0 cm³/mol. The van der Waals surface area contributed by atoms with Gasteiger partial charge in [0.1, 0.15) is 5.82 Å². The summed E-state index contributed by atoms with van der Waals surface area (Å²) >= 11 is 0. The van der Waals surface area contributed by atoms with E-state index in [0.29, 0.717) is 12.6 Å². The Bertz CT molecular complexity index is 588. The van der Waals surface area contributed by atoms with Crippen LogP contribution in [-0.4, -0.2) is 37.9 Å². The molecule has 0 spiro atoms. The number of hydrogen-bond acceptors (Lipinski definition) is 4. The van der Waals surface area contributed by atoms with Crippen LogP contribution in [0.4, 0.5) is 0 Å². The molecule has 1 atom stereocenters. The molecule has 1 aliphatic heterocycles. The van der Waals surface area contributed by atoms with Gasteiger partial charge in [0.25, 0.3) is 0 Å². The molecule has 0 radical (unpaired) electrons. The Morgan fingerprint density at radius 3 is 2.90 bits per heavy atom. The number of aromatic nitrogens is 4. The van der Waals surface area contributed by atoms with Gasteiger partial charge in [-0.15, -0.1) is 0 Å². The lowest BCUT2D eigenvalue weighted by atomic mass is 10.2. The zero-order valence-corrected chi connectivity index (χ0v) is 12.3. The number of aryl methyl sites for hydroxylation is 1. The zero-order chi connectivity index (χ0) is 14.1. The Kier molecular flexibility index (Phi) is 3.58. The molecule has 0 saturated carbocycles. The molecule has 0 bridgehead atoms. The second-order valence-electron chi connectivity index (χ2n) is 5.36. The van der Waals surface area contributed by atoms with E-state index < -0.39 is 0 Å². The molecule has 1 aliphatic rings. The first-order valence-electron chi connectivity index (χ1n) is 6.94. The highest BCUT2D eigenvalue weighted by atomic mass is 16.5. The molecule has 6 heteroatoms. The van der Waals surface area contributed by atoms with Crippen LogP contribution in [0.25, 0.3) is 0 Å². The molecule has 0 saturated heterocycles. The molecule has 0 unspecified atom stereocenters. The van der Waals surface area contributed by atoms with Gasteiger partial charge in [-0.2, -0.15) is 5.10 Å². The van der Waals surface area contributed by atoms with Crippen molar-refractivity contribution in [3.63, 3.8) is 0 Å². The lowest BCUT2D eigenvalue weighted by Crippen LogP contribution is -2.37. The van der Waals surface area contributed by atoms with Crippen LogP contribution >= 0.6 is 0 Å². The summed E-state index contributed by atoms with van der Waals surface area (Å²) in [4.78, 5) is 7.01. The molecular formula is C14H21N5O. The van der Waals surface area contributed by atoms with Gasteiger partial charge in [-0.05, 0) is 6.92 Å². The van der Waals surface area contributed by atoms with E-state index in [2.05, 4.69) is 32.7 Å². The van der Waals surface area contributed by atoms with Crippen molar-refractivity contribution in [1.29, 1.82) is 0 Å². The summed E-state index contributed by atoms with van der Waals surface area (Å²) in [5.74, 6) is 1.13. The molecule has 3 rings (SSSR count). The van der Waals surface area contributed by atoms with Crippen molar-refractivity contribution in [2.24, 2.45) is 7.05 Å². The maximum absolute atomic E-state index is 5.23. The Morgan fingerprint density at radius 1 is 1.35 bits per heavy atom. The fourth-order valence-electron chi connectivity index (χ4n) is 2.87. The van der Waals surface area contributed by atoms with E-state index in [1.165, 1.54) is 5.56 Å². The van der Waals surface area contributed by atoms with Gasteiger partial charge in [-0.25, -0.2) is 4.98 Å². The van der Waals surface area contributed by atoms with E-state index >= 15 is 0 Å². The monoisotopic (exact) mass is 275 g/mol. The van der Waals surface area contributed by atoms with Crippen molar-refractivity contribution in [3.8, 4) is 0 Å². The Morgan fingerprint density at radius 2 is 2.20 bits per heavy atom. The van der Waals surface area contributed by atoms with E-state index in [4.69, 9.17) is 4.74 Å². The molecule has 0 fully saturated rings. The average Bonchev–Trinajstić information content (AvgIpc) is 3.01. The summed E-state index contributed by atoms with van der Waals surface area (Å²) in [6.45, 7) is 5.75. The second kappa shape index (κ2) is 5.38. The zero-order valence-electron chi connectivity index (χ0n) is 12.3. The summed E-state index contributed by atoms with van der Waals surface area (Å²) < 4.78 is 9.36. The first kappa shape index (κ1) is 13.3. The van der Waals surface area contributed by atoms with Gasteiger partial charge in [-0.1, -0.05) is 0 Å². The summed E-state index contributed by atoms with van der Waals surface area (Å²) in [6.07, 6.45) is 5.94. The van der Waals surface area contributed by atoms with Crippen LogP contribution < -0.4 is 0 Å². The Balaban J connectivity index is 1.77. The van der Waals surface area contributed by atoms with Crippen LogP contribution in [-0.2, 0) is 31.5 Å². The maximum Gasteiger partial charge on any atom is 0.126 e. The van der Waals surface area contributed by atoms with Crippen molar-refractivity contribution >= 4 is 0 Å². The van der Waals surface area contributed by atoms with Crippen LogP contribution in [0.1, 0.15) is 30.0 Å². The van der Waals surface area contributed by atoms with Gasteiger partial charge in [-0.3, -0.25) is 9.58 Å². The SMILES string of the molecule is COCc1cnc2n1CCN(Cc1cnn(C)c1)[C@@H]2C. The Hall–Kier alpha value is -1.66. The van der Waals surface area contributed by atoms with Crippen molar-refractivity contribution in [2.45, 2.75) is 32.7 Å². The first-order valence-corrected chi connectivity index (χ1v) is 6.94. The van der Waals surface area contributed by atoms with Gasteiger partial charge in [0.05, 0.1) is 30.7 Å². The van der Waals surface area contributed by atoms with Crippen LogP contribution in [0, 0.1) is 0 Å². The molecule has 6 nitrogen and oxygen atoms in total. The lowest BCUT2D eigenvalue weighted by Gasteiger charge is -2.34. The maximum atomic E-state index is 5.23. The van der Waals surface area contributed by atoms with E-state index in [1.54, 1.807) is 7.11 Å². The standard InChI is InChI=1S/C14H21N5O/c1-11-14-15-7-13(10-20-3)19(14)5-4-18(11)9-12-6-16-17(2)8-12/h6-8,11H,4-5,9-10H2,1-3H3/t11-/m1/s1. The van der Waals surface area contributed by atoms with Gasteiger partial charge < -0.3 is 9.30 Å². The molecule has 2 aromatic rings. The summed E-state index contributed by atoms with van der Waals surface area (Å²) in [6, 6.07) is 0.314. The first-order chi connectivity index (χ1) is 9.69. The van der Waals surface area contributed by atoms with Gasteiger partial charge in [0.2, 0.25) is 0 Å². The van der Waals surface area contributed by atoms with Gasteiger partial charge >= 0.3 is 0 Å². The van der Waals surface area contributed by atoms with E-state index in [1.807, 2.05) is 24.1 Å². The van der Waals surface area contributed by atoms with Crippen LogP contribution in [0.5, 0.6) is 0 Å². The third kappa shape index (κ3) is 2.36. The van der Waals surface area contributed by atoms with Crippen molar-refractivity contribution < 1.29 is 4.74 Å². The minimum Gasteiger partial charge on any atom is -0.378 e. The number of hydrogen-bond donors (Lipinski definition) is 0. The molecule has 0 aliphatic carbocycles. The topological polar surface area (TPSA) is 48.1 Å². The molecular weight excluding hydrogens is 254 g/mol. The smallest absolute Gasteiger partial charge is 0.126 e. The molecule has 3 heterocycles. The lowest BCUT2D eigenvalue weighted by molar-refractivity contribution is 0.143. The third-order valence-electron chi connectivity index (χ3n) is 3.94. The molecule has 108 valence electrons. The minimum absolute atomic E-state index is 0.314. The largest absolute Gasteiger partial charge is 0.378 e.